The molecule has 0 saturated carbocycles. The SMILES string of the molecule is C=CC(C)(CO)Cc1ncnn1CC. The third-order valence-corrected chi connectivity index (χ3v) is 2.41. The van der Waals surface area contributed by atoms with Crippen LogP contribution in [0.15, 0.2) is 19.0 Å². The van der Waals surface area contributed by atoms with Gasteiger partial charge in [-0.1, -0.05) is 13.0 Å². The molecule has 0 bridgehead atoms. The van der Waals surface area contributed by atoms with Gasteiger partial charge in [0.2, 0.25) is 0 Å². The zero-order valence-electron chi connectivity index (χ0n) is 8.77. The Morgan fingerprint density at radius 1 is 1.71 bits per heavy atom. The van der Waals surface area contributed by atoms with Gasteiger partial charge in [-0.25, -0.2) is 4.98 Å². The predicted molar refractivity (Wildman–Crippen MR) is 54.8 cm³/mol. The molecule has 0 fully saturated rings. The highest BCUT2D eigenvalue weighted by molar-refractivity contribution is 5.00. The van der Waals surface area contributed by atoms with E-state index in [2.05, 4.69) is 16.7 Å². The summed E-state index contributed by atoms with van der Waals surface area (Å²) >= 11 is 0. The van der Waals surface area contributed by atoms with Crippen molar-refractivity contribution in [3.05, 3.63) is 24.8 Å². The summed E-state index contributed by atoms with van der Waals surface area (Å²) in [5.74, 6) is 0.893. The van der Waals surface area contributed by atoms with E-state index in [1.807, 2.05) is 18.5 Å². The van der Waals surface area contributed by atoms with E-state index < -0.39 is 0 Å². The van der Waals surface area contributed by atoms with Crippen molar-refractivity contribution in [3.8, 4) is 0 Å². The van der Waals surface area contributed by atoms with Gasteiger partial charge in [-0.05, 0) is 6.92 Å². The van der Waals surface area contributed by atoms with Crippen molar-refractivity contribution in [2.45, 2.75) is 26.8 Å². The topological polar surface area (TPSA) is 50.9 Å². The van der Waals surface area contributed by atoms with Gasteiger partial charge in [-0.2, -0.15) is 5.10 Å². The van der Waals surface area contributed by atoms with Crippen LogP contribution in [-0.2, 0) is 13.0 Å². The third-order valence-electron chi connectivity index (χ3n) is 2.41. The second-order valence-electron chi connectivity index (χ2n) is 3.69. The summed E-state index contributed by atoms with van der Waals surface area (Å²) in [5, 5.41) is 13.3. The normalized spacial score (nSPS) is 15.1. The first kappa shape index (κ1) is 10.9. The standard InChI is InChI=1S/C10H17N3O/c1-4-10(3,7-14)6-9-11-8-12-13(9)5-2/h4,8,14H,1,5-7H2,2-3H3. The molecule has 78 valence electrons. The number of nitrogens with zero attached hydrogens (tertiary/aromatic N) is 3. The fourth-order valence-electron chi connectivity index (χ4n) is 1.24. The second kappa shape index (κ2) is 4.37. The third kappa shape index (κ3) is 2.20. The van der Waals surface area contributed by atoms with Gasteiger partial charge in [0.1, 0.15) is 12.2 Å². The van der Waals surface area contributed by atoms with Crippen LogP contribution in [0.3, 0.4) is 0 Å². The molecule has 1 heterocycles. The van der Waals surface area contributed by atoms with Crippen molar-refractivity contribution in [3.63, 3.8) is 0 Å². The minimum absolute atomic E-state index is 0.0765. The molecule has 1 rings (SSSR count). The number of aryl methyl sites for hydroxylation is 1. The molecule has 1 atom stereocenters. The molecule has 0 aliphatic carbocycles. The van der Waals surface area contributed by atoms with E-state index in [0.717, 1.165) is 12.4 Å². The number of aliphatic hydroxyl groups is 1. The lowest BCUT2D eigenvalue weighted by molar-refractivity contribution is 0.181. The van der Waals surface area contributed by atoms with Crippen molar-refractivity contribution in [1.82, 2.24) is 14.8 Å². The Morgan fingerprint density at radius 3 is 2.93 bits per heavy atom. The molecule has 0 amide bonds. The summed E-state index contributed by atoms with van der Waals surface area (Å²) in [6.45, 7) is 8.57. The molecule has 0 aliphatic rings. The Labute approximate surface area is 84.3 Å². The van der Waals surface area contributed by atoms with Crippen LogP contribution in [0, 0.1) is 5.41 Å². The molecular weight excluding hydrogens is 178 g/mol. The average molecular weight is 195 g/mol. The Balaban J connectivity index is 2.81. The van der Waals surface area contributed by atoms with Crippen LogP contribution < -0.4 is 0 Å². The van der Waals surface area contributed by atoms with E-state index in [1.165, 1.54) is 0 Å². The Bertz CT molecular complexity index is 308. The molecule has 0 saturated heterocycles. The van der Waals surface area contributed by atoms with Gasteiger partial charge >= 0.3 is 0 Å². The summed E-state index contributed by atoms with van der Waals surface area (Å²) in [4.78, 5) is 4.16. The zero-order valence-corrected chi connectivity index (χ0v) is 8.77. The molecule has 1 aromatic rings. The van der Waals surface area contributed by atoms with E-state index in [1.54, 1.807) is 12.4 Å². The van der Waals surface area contributed by atoms with Crippen LogP contribution in [-0.4, -0.2) is 26.5 Å². The lowest BCUT2D eigenvalue weighted by Crippen LogP contribution is -2.23. The molecule has 0 spiro atoms. The quantitative estimate of drug-likeness (QED) is 0.714. The summed E-state index contributed by atoms with van der Waals surface area (Å²) in [6.07, 6.45) is 3.97. The highest BCUT2D eigenvalue weighted by Gasteiger charge is 2.22. The Hall–Kier alpha value is -1.16. The predicted octanol–water partition coefficient (Wildman–Crippen LogP) is 1.03. The number of hydrogen-bond donors (Lipinski definition) is 1. The lowest BCUT2D eigenvalue weighted by Gasteiger charge is -2.21. The first-order valence-corrected chi connectivity index (χ1v) is 4.76. The van der Waals surface area contributed by atoms with E-state index in [-0.39, 0.29) is 12.0 Å². The average Bonchev–Trinajstić information content (AvgIpc) is 2.65. The Kier molecular flexibility index (Phi) is 3.41. The Morgan fingerprint density at radius 2 is 2.43 bits per heavy atom. The first-order chi connectivity index (χ1) is 6.65. The largest absolute Gasteiger partial charge is 0.395 e. The number of aliphatic hydroxyl groups excluding tert-OH is 1. The van der Waals surface area contributed by atoms with Crippen molar-refractivity contribution in [1.29, 1.82) is 0 Å². The fraction of sp³-hybridized carbons (Fsp3) is 0.600. The fourth-order valence-corrected chi connectivity index (χ4v) is 1.24. The summed E-state index contributed by atoms with van der Waals surface area (Å²) in [5.41, 5.74) is -0.306. The maximum atomic E-state index is 9.22. The molecule has 1 N–H and O–H groups in total. The van der Waals surface area contributed by atoms with E-state index in [0.29, 0.717) is 6.42 Å². The number of rotatable bonds is 5. The maximum absolute atomic E-state index is 9.22. The van der Waals surface area contributed by atoms with Crippen molar-refractivity contribution >= 4 is 0 Å². The van der Waals surface area contributed by atoms with Crippen LogP contribution in [0.2, 0.25) is 0 Å². The first-order valence-electron chi connectivity index (χ1n) is 4.76. The van der Waals surface area contributed by atoms with Gasteiger partial charge in [0, 0.05) is 18.4 Å². The molecule has 0 aromatic carbocycles. The molecule has 4 nitrogen and oxygen atoms in total. The zero-order chi connectivity index (χ0) is 10.6. The summed E-state index contributed by atoms with van der Waals surface area (Å²) < 4.78 is 1.83. The molecule has 0 radical (unpaired) electrons. The van der Waals surface area contributed by atoms with Crippen LogP contribution in [0.1, 0.15) is 19.7 Å². The smallest absolute Gasteiger partial charge is 0.138 e. The summed E-state index contributed by atoms with van der Waals surface area (Å²) in [6, 6.07) is 0. The van der Waals surface area contributed by atoms with Gasteiger partial charge in [0.15, 0.2) is 0 Å². The monoisotopic (exact) mass is 195 g/mol. The van der Waals surface area contributed by atoms with Crippen LogP contribution in [0.5, 0.6) is 0 Å². The van der Waals surface area contributed by atoms with Crippen molar-refractivity contribution in [2.24, 2.45) is 5.41 Å². The molecule has 4 heteroatoms. The van der Waals surface area contributed by atoms with E-state index in [4.69, 9.17) is 0 Å². The molecule has 0 aliphatic heterocycles. The van der Waals surface area contributed by atoms with Crippen molar-refractivity contribution < 1.29 is 5.11 Å². The summed E-state index contributed by atoms with van der Waals surface area (Å²) in [7, 11) is 0. The van der Waals surface area contributed by atoms with Gasteiger partial charge in [0.05, 0.1) is 6.61 Å². The molecular formula is C10H17N3O. The van der Waals surface area contributed by atoms with Crippen LogP contribution >= 0.6 is 0 Å². The van der Waals surface area contributed by atoms with E-state index in [9.17, 15) is 5.11 Å². The molecule has 1 unspecified atom stereocenters. The van der Waals surface area contributed by atoms with Crippen LogP contribution in [0.25, 0.3) is 0 Å². The minimum Gasteiger partial charge on any atom is -0.395 e. The maximum Gasteiger partial charge on any atom is 0.138 e. The highest BCUT2D eigenvalue weighted by atomic mass is 16.3. The van der Waals surface area contributed by atoms with Gasteiger partial charge in [0.25, 0.3) is 0 Å². The van der Waals surface area contributed by atoms with Gasteiger partial charge in [-0.15, -0.1) is 6.58 Å². The highest BCUT2D eigenvalue weighted by Crippen LogP contribution is 2.21. The lowest BCUT2D eigenvalue weighted by atomic mass is 9.88. The second-order valence-corrected chi connectivity index (χ2v) is 3.69. The molecule has 14 heavy (non-hydrogen) atoms. The minimum atomic E-state index is -0.306. The number of aromatic nitrogens is 3. The van der Waals surface area contributed by atoms with Gasteiger partial charge in [-0.3, -0.25) is 4.68 Å². The van der Waals surface area contributed by atoms with Gasteiger partial charge < -0.3 is 5.11 Å². The molecule has 1 aromatic heterocycles. The van der Waals surface area contributed by atoms with Crippen molar-refractivity contribution in [2.75, 3.05) is 6.61 Å². The van der Waals surface area contributed by atoms with Crippen LogP contribution in [0.4, 0.5) is 0 Å². The number of hydrogen-bond acceptors (Lipinski definition) is 3. The van der Waals surface area contributed by atoms with E-state index >= 15 is 0 Å².